The van der Waals surface area contributed by atoms with Gasteiger partial charge in [0.25, 0.3) is 0 Å². The van der Waals surface area contributed by atoms with Crippen LogP contribution in [-0.4, -0.2) is 16.7 Å². The molecule has 5 unspecified atom stereocenters. The fourth-order valence-electron chi connectivity index (χ4n) is 11.4. The van der Waals surface area contributed by atoms with Crippen LogP contribution in [-0.2, 0) is 12.8 Å². The zero-order chi connectivity index (χ0) is 37.0. The predicted octanol–water partition coefficient (Wildman–Crippen LogP) is 13.6. The zero-order valence-corrected chi connectivity index (χ0v) is 32.5. The van der Waals surface area contributed by atoms with Crippen molar-refractivity contribution in [2.45, 2.75) is 88.8 Å². The van der Waals surface area contributed by atoms with E-state index in [-0.39, 0.29) is 6.04 Å². The maximum atomic E-state index is 2.89. The van der Waals surface area contributed by atoms with Crippen LogP contribution in [0.2, 0.25) is 0 Å². The third-order valence-corrected chi connectivity index (χ3v) is 14.0. The molecule has 1 saturated heterocycles. The molecule has 1 aromatic heterocycles. The summed E-state index contributed by atoms with van der Waals surface area (Å²) in [5.41, 5.74) is 17.3. The molecule has 11 rings (SSSR count). The summed E-state index contributed by atoms with van der Waals surface area (Å²) in [5, 5.41) is 1.51. The molecular formula is C54H52N2. The minimum Gasteiger partial charge on any atom is -0.357 e. The summed E-state index contributed by atoms with van der Waals surface area (Å²) in [4.78, 5) is 2.73. The number of rotatable bonds is 6. The van der Waals surface area contributed by atoms with Gasteiger partial charge in [0.05, 0.1) is 17.6 Å². The van der Waals surface area contributed by atoms with Crippen LogP contribution in [0.4, 0.5) is 5.69 Å². The van der Waals surface area contributed by atoms with Crippen LogP contribution in [0.3, 0.4) is 0 Å². The first-order chi connectivity index (χ1) is 27.8. The van der Waals surface area contributed by atoms with Crippen LogP contribution < -0.4 is 4.90 Å². The number of hydrogen-bond donors (Lipinski definition) is 0. The third-order valence-electron chi connectivity index (χ3n) is 14.0. The number of anilines is 1. The number of benzene rings is 4. The molecule has 0 spiro atoms. The van der Waals surface area contributed by atoms with Gasteiger partial charge in [-0.25, -0.2) is 0 Å². The molecule has 0 amide bonds. The van der Waals surface area contributed by atoms with Crippen molar-refractivity contribution in [2.24, 2.45) is 11.8 Å². The number of hydrogen-bond acceptors (Lipinski definition) is 1. The lowest BCUT2D eigenvalue weighted by molar-refractivity contribution is 0.441. The van der Waals surface area contributed by atoms with Crippen LogP contribution >= 0.6 is 0 Å². The Morgan fingerprint density at radius 1 is 0.571 bits per heavy atom. The zero-order valence-electron chi connectivity index (χ0n) is 32.5. The van der Waals surface area contributed by atoms with Crippen LogP contribution in [0.15, 0.2) is 163 Å². The van der Waals surface area contributed by atoms with E-state index in [1.54, 1.807) is 22.4 Å². The Morgan fingerprint density at radius 2 is 1.30 bits per heavy atom. The Balaban J connectivity index is 1.01. The average molecular weight is 729 g/mol. The lowest BCUT2D eigenvalue weighted by atomic mass is 9.80. The molecule has 0 radical (unpaired) electrons. The van der Waals surface area contributed by atoms with Gasteiger partial charge in [0.15, 0.2) is 0 Å². The van der Waals surface area contributed by atoms with Gasteiger partial charge in [0, 0.05) is 40.2 Å². The SMILES string of the molecule is C1=CC2C3C=C(c4cccc5c6c(n(C7CCC=C(C8=CCCCC8)C7)c45)CCCC6)C=CC3N(c3cc(-c4ccccc4)cc(-c4ccccc4)c3)C2C=C1. The minimum absolute atomic E-state index is 0.268. The first kappa shape index (κ1) is 34.0. The number of allylic oxidation sites excluding steroid dienone is 8. The van der Waals surface area contributed by atoms with Gasteiger partial charge in [0.2, 0.25) is 0 Å². The van der Waals surface area contributed by atoms with Crippen LogP contribution in [0.25, 0.3) is 38.7 Å². The molecule has 0 saturated carbocycles. The topological polar surface area (TPSA) is 8.17 Å². The molecule has 56 heavy (non-hydrogen) atoms. The van der Waals surface area contributed by atoms with Crippen molar-refractivity contribution < 1.29 is 0 Å². The molecule has 1 fully saturated rings. The second kappa shape index (κ2) is 14.3. The molecule has 6 aliphatic rings. The third kappa shape index (κ3) is 5.83. The van der Waals surface area contributed by atoms with Crippen molar-refractivity contribution in [3.63, 3.8) is 0 Å². The molecule has 1 aliphatic heterocycles. The molecule has 5 aromatic rings. The molecule has 5 aliphatic carbocycles. The number of nitrogens with zero attached hydrogens (tertiary/aromatic N) is 2. The lowest BCUT2D eigenvalue weighted by Crippen LogP contribution is -2.36. The van der Waals surface area contributed by atoms with Gasteiger partial charge in [0.1, 0.15) is 0 Å². The van der Waals surface area contributed by atoms with E-state index in [9.17, 15) is 0 Å². The van der Waals surface area contributed by atoms with Gasteiger partial charge in [-0.05, 0) is 133 Å². The highest BCUT2D eigenvalue weighted by Gasteiger charge is 2.46. The normalized spacial score (nSPS) is 25.3. The lowest BCUT2D eigenvalue weighted by Gasteiger charge is -2.33. The average Bonchev–Trinajstić information content (AvgIpc) is 3.80. The van der Waals surface area contributed by atoms with Crippen LogP contribution in [0.1, 0.15) is 80.7 Å². The highest BCUT2D eigenvalue weighted by Crippen LogP contribution is 2.49. The maximum absolute atomic E-state index is 2.89. The van der Waals surface area contributed by atoms with Crippen molar-refractivity contribution in [1.29, 1.82) is 0 Å². The van der Waals surface area contributed by atoms with E-state index >= 15 is 0 Å². The van der Waals surface area contributed by atoms with Gasteiger partial charge >= 0.3 is 0 Å². The van der Waals surface area contributed by atoms with Gasteiger partial charge in [-0.1, -0.05) is 134 Å². The smallest absolute Gasteiger partial charge is 0.0567 e. The molecule has 2 heterocycles. The second-order valence-electron chi connectivity index (χ2n) is 17.1. The number of aryl methyl sites for hydroxylation is 1. The van der Waals surface area contributed by atoms with Crippen molar-refractivity contribution in [2.75, 3.05) is 4.90 Å². The molecule has 0 bridgehead atoms. The van der Waals surface area contributed by atoms with Gasteiger partial charge in [-0.2, -0.15) is 0 Å². The molecule has 278 valence electrons. The molecule has 0 N–H and O–H groups in total. The Bertz CT molecular complexity index is 2430. The molecule has 2 nitrogen and oxygen atoms in total. The summed E-state index contributed by atoms with van der Waals surface area (Å²) < 4.78 is 2.89. The van der Waals surface area contributed by atoms with Crippen molar-refractivity contribution in [3.8, 4) is 22.3 Å². The highest BCUT2D eigenvalue weighted by molar-refractivity contribution is 5.98. The number of aromatic nitrogens is 1. The van der Waals surface area contributed by atoms with Crippen molar-refractivity contribution in [1.82, 2.24) is 4.57 Å². The first-order valence-electron chi connectivity index (χ1n) is 21.6. The fraction of sp³-hybridized carbons (Fsp3) is 0.296. The van der Waals surface area contributed by atoms with E-state index in [1.807, 2.05) is 0 Å². The number of fused-ring (bicyclic) bond motifs is 6. The Kier molecular flexibility index (Phi) is 8.67. The van der Waals surface area contributed by atoms with E-state index < -0.39 is 0 Å². The largest absolute Gasteiger partial charge is 0.357 e. The van der Waals surface area contributed by atoms with E-state index in [1.165, 1.54) is 121 Å². The Labute approximate surface area is 333 Å². The van der Waals surface area contributed by atoms with Crippen molar-refractivity contribution in [3.05, 3.63) is 180 Å². The molecular weight excluding hydrogens is 677 g/mol. The monoisotopic (exact) mass is 728 g/mol. The fourth-order valence-corrected chi connectivity index (χ4v) is 11.4. The van der Waals surface area contributed by atoms with E-state index in [0.29, 0.717) is 23.9 Å². The molecule has 5 atom stereocenters. The number of para-hydroxylation sites is 1. The second-order valence-corrected chi connectivity index (χ2v) is 17.1. The summed E-state index contributed by atoms with van der Waals surface area (Å²) in [6, 6.07) is 37.4. The van der Waals surface area contributed by atoms with E-state index in [2.05, 4.69) is 161 Å². The van der Waals surface area contributed by atoms with Crippen LogP contribution in [0, 0.1) is 11.8 Å². The Morgan fingerprint density at radius 3 is 2.09 bits per heavy atom. The standard InChI is InChI=1S/C54H52N2/c1-4-16-37(17-5-1)40-22-14-23-44(33-40)56-52-29-13-10-24-47(52)49-27-15-26-46(54(49)56)41-30-31-53-50(36-41)48-25-11-12-28-51(48)55(53)45-34-42(38-18-6-2-7-19-38)32-43(35-45)39-20-8-3-9-21-39/h2-3,6-9,11-12,15-16,18-22,25-28,30-32,34-36,44,48,50-51,53H,1,4-5,10,13-14,17,23-24,29,33H2. The summed E-state index contributed by atoms with van der Waals surface area (Å²) >= 11 is 0. The van der Waals surface area contributed by atoms with E-state index in [0.717, 1.165) is 0 Å². The van der Waals surface area contributed by atoms with Crippen LogP contribution in [0.5, 0.6) is 0 Å². The summed E-state index contributed by atoms with van der Waals surface area (Å²) in [5.74, 6) is 0.775. The molecule has 2 heteroatoms. The summed E-state index contributed by atoms with van der Waals surface area (Å²) in [7, 11) is 0. The highest BCUT2D eigenvalue weighted by atomic mass is 15.2. The van der Waals surface area contributed by atoms with Gasteiger partial charge in [-0.15, -0.1) is 0 Å². The van der Waals surface area contributed by atoms with Gasteiger partial charge in [-0.3, -0.25) is 0 Å². The van der Waals surface area contributed by atoms with Gasteiger partial charge < -0.3 is 9.47 Å². The van der Waals surface area contributed by atoms with E-state index in [4.69, 9.17) is 0 Å². The quantitative estimate of drug-likeness (QED) is 0.169. The Hall–Kier alpha value is -5.34. The van der Waals surface area contributed by atoms with Crippen molar-refractivity contribution >= 4 is 22.2 Å². The summed E-state index contributed by atoms with van der Waals surface area (Å²) in [6.07, 6.45) is 36.3. The first-order valence-corrected chi connectivity index (χ1v) is 21.6. The minimum atomic E-state index is 0.268. The maximum Gasteiger partial charge on any atom is 0.0567 e. The molecule has 4 aromatic carbocycles. The summed E-state index contributed by atoms with van der Waals surface area (Å²) in [6.45, 7) is 0. The predicted molar refractivity (Wildman–Crippen MR) is 236 cm³/mol.